The number of amides is 1. The lowest BCUT2D eigenvalue weighted by molar-refractivity contribution is 0.102. The monoisotopic (exact) mass is 356 g/mol. The maximum atomic E-state index is 12.8. The van der Waals surface area contributed by atoms with Crippen LogP contribution in [0.3, 0.4) is 0 Å². The number of fused-ring (bicyclic) bond motifs is 4. The van der Waals surface area contributed by atoms with Crippen molar-refractivity contribution >= 4 is 33.5 Å². The fraction of sp³-hybridized carbons (Fsp3) is 0.227. The minimum Gasteiger partial charge on any atom is -0.328 e. The summed E-state index contributed by atoms with van der Waals surface area (Å²) >= 11 is 0. The minimum atomic E-state index is -0.131. The first-order valence-electron chi connectivity index (χ1n) is 9.44. The van der Waals surface area contributed by atoms with Gasteiger partial charge in [-0.25, -0.2) is 4.98 Å². The van der Waals surface area contributed by atoms with Gasteiger partial charge in [0.1, 0.15) is 5.82 Å². The number of aromatic nitrogens is 3. The van der Waals surface area contributed by atoms with Crippen molar-refractivity contribution in [2.45, 2.75) is 32.2 Å². The number of hydrogen-bond donors (Lipinski definition) is 1. The number of aryl methyl sites for hydroxylation is 2. The summed E-state index contributed by atoms with van der Waals surface area (Å²) in [4.78, 5) is 22.0. The van der Waals surface area contributed by atoms with Gasteiger partial charge in [0.15, 0.2) is 0 Å². The van der Waals surface area contributed by atoms with Gasteiger partial charge in [-0.15, -0.1) is 0 Å². The van der Waals surface area contributed by atoms with E-state index in [0.717, 1.165) is 46.4 Å². The van der Waals surface area contributed by atoms with Gasteiger partial charge < -0.3 is 9.88 Å². The third-order valence-corrected chi connectivity index (χ3v) is 5.26. The zero-order valence-electron chi connectivity index (χ0n) is 15.0. The number of hydrogen-bond acceptors (Lipinski definition) is 3. The molecule has 0 fully saturated rings. The van der Waals surface area contributed by atoms with Crippen LogP contribution in [0.5, 0.6) is 0 Å². The molecular weight excluding hydrogens is 336 g/mol. The Morgan fingerprint density at radius 1 is 1.00 bits per heavy atom. The van der Waals surface area contributed by atoms with Crippen molar-refractivity contribution in [2.75, 3.05) is 5.32 Å². The van der Waals surface area contributed by atoms with Crippen molar-refractivity contribution in [3.8, 4) is 0 Å². The largest absolute Gasteiger partial charge is 0.328 e. The molecule has 0 bridgehead atoms. The fourth-order valence-corrected chi connectivity index (χ4v) is 3.92. The summed E-state index contributed by atoms with van der Waals surface area (Å²) < 4.78 is 2.32. The Balaban J connectivity index is 1.48. The lowest BCUT2D eigenvalue weighted by Crippen LogP contribution is -2.12. The van der Waals surface area contributed by atoms with Gasteiger partial charge in [-0.2, -0.15) is 0 Å². The second kappa shape index (κ2) is 6.50. The molecule has 3 heterocycles. The van der Waals surface area contributed by atoms with Crippen LogP contribution in [0.15, 0.2) is 54.7 Å². The molecule has 5 nitrogen and oxygen atoms in total. The molecule has 0 saturated carbocycles. The van der Waals surface area contributed by atoms with Gasteiger partial charge in [-0.05, 0) is 43.2 Å². The molecule has 5 heteroatoms. The first-order valence-corrected chi connectivity index (χ1v) is 9.44. The van der Waals surface area contributed by atoms with Gasteiger partial charge in [-0.3, -0.25) is 9.78 Å². The van der Waals surface area contributed by atoms with Crippen LogP contribution in [0.4, 0.5) is 5.69 Å². The molecule has 0 aliphatic carbocycles. The summed E-state index contributed by atoms with van der Waals surface area (Å²) in [6.45, 7) is 1.03. The maximum Gasteiger partial charge on any atom is 0.256 e. The lowest BCUT2D eigenvalue weighted by atomic mass is 10.1. The molecule has 134 valence electrons. The van der Waals surface area contributed by atoms with Crippen LogP contribution >= 0.6 is 0 Å². The van der Waals surface area contributed by atoms with E-state index >= 15 is 0 Å². The van der Waals surface area contributed by atoms with E-state index in [9.17, 15) is 4.79 Å². The topological polar surface area (TPSA) is 59.8 Å². The summed E-state index contributed by atoms with van der Waals surface area (Å²) in [6.07, 6.45) is 6.36. The predicted octanol–water partition coefficient (Wildman–Crippen LogP) is 4.56. The number of carbonyl (C=O) groups excluding carboxylic acids is 1. The third kappa shape index (κ3) is 2.85. The van der Waals surface area contributed by atoms with Crippen molar-refractivity contribution in [2.24, 2.45) is 0 Å². The molecule has 2 aromatic carbocycles. The molecule has 0 atom stereocenters. The highest BCUT2D eigenvalue weighted by molar-refractivity contribution is 6.12. The van der Waals surface area contributed by atoms with E-state index in [0.29, 0.717) is 5.56 Å². The van der Waals surface area contributed by atoms with Crippen LogP contribution in [0.25, 0.3) is 21.9 Å². The first-order chi connectivity index (χ1) is 13.3. The van der Waals surface area contributed by atoms with Crippen molar-refractivity contribution in [1.29, 1.82) is 0 Å². The fourth-order valence-electron chi connectivity index (χ4n) is 3.92. The molecule has 1 aliphatic rings. The summed E-state index contributed by atoms with van der Waals surface area (Å²) in [5, 5.41) is 3.87. The zero-order valence-corrected chi connectivity index (χ0v) is 15.0. The summed E-state index contributed by atoms with van der Waals surface area (Å²) in [6, 6.07) is 15.4. The number of pyridine rings is 1. The van der Waals surface area contributed by atoms with E-state index in [1.807, 2.05) is 36.4 Å². The highest BCUT2D eigenvalue weighted by Crippen LogP contribution is 2.25. The molecular formula is C22H20N4O. The van der Waals surface area contributed by atoms with Crippen molar-refractivity contribution in [3.05, 3.63) is 66.1 Å². The minimum absolute atomic E-state index is 0.131. The molecule has 1 N–H and O–H groups in total. The molecule has 1 aliphatic heterocycles. The second-order valence-corrected chi connectivity index (χ2v) is 7.02. The molecule has 0 unspecified atom stereocenters. The molecule has 5 rings (SSSR count). The van der Waals surface area contributed by atoms with Gasteiger partial charge in [-0.1, -0.05) is 24.6 Å². The van der Waals surface area contributed by atoms with Crippen LogP contribution < -0.4 is 5.32 Å². The number of anilines is 1. The Kier molecular flexibility index (Phi) is 3.85. The van der Waals surface area contributed by atoms with Crippen molar-refractivity contribution in [3.63, 3.8) is 0 Å². The van der Waals surface area contributed by atoms with E-state index in [-0.39, 0.29) is 5.91 Å². The Labute approximate surface area is 157 Å². The molecule has 1 amide bonds. The summed E-state index contributed by atoms with van der Waals surface area (Å²) in [5.41, 5.74) is 4.31. The van der Waals surface area contributed by atoms with Crippen LogP contribution in [-0.2, 0) is 13.0 Å². The second-order valence-electron chi connectivity index (χ2n) is 7.02. The number of imidazole rings is 1. The highest BCUT2D eigenvalue weighted by Gasteiger charge is 2.15. The van der Waals surface area contributed by atoms with Gasteiger partial charge in [0.2, 0.25) is 0 Å². The van der Waals surface area contributed by atoms with Gasteiger partial charge in [0, 0.05) is 30.2 Å². The molecule has 2 aromatic heterocycles. The number of nitrogens with zero attached hydrogens (tertiary/aromatic N) is 3. The quantitative estimate of drug-likeness (QED) is 0.573. The molecule has 4 aromatic rings. The standard InChI is InChI=1S/C22H20N4O/c27-22(17-11-12-23-18-7-4-3-6-16(17)18)24-15-9-10-20-19(14-15)25-21-8-2-1-5-13-26(20)21/h3-4,6-7,9-12,14H,1-2,5,8,13H2,(H,24,27). The van der Waals surface area contributed by atoms with Crippen LogP contribution in [0.2, 0.25) is 0 Å². The first kappa shape index (κ1) is 16.0. The molecule has 0 saturated heterocycles. The Morgan fingerprint density at radius 2 is 1.93 bits per heavy atom. The van der Waals surface area contributed by atoms with E-state index in [4.69, 9.17) is 4.98 Å². The zero-order chi connectivity index (χ0) is 18.2. The number of carbonyl (C=O) groups is 1. The van der Waals surface area contributed by atoms with E-state index in [2.05, 4.69) is 20.9 Å². The Hall–Kier alpha value is -3.21. The van der Waals surface area contributed by atoms with E-state index in [1.165, 1.54) is 19.3 Å². The SMILES string of the molecule is O=C(Nc1ccc2c(c1)nc1n2CCCCC1)c1ccnc2ccccc12. The molecule has 0 spiro atoms. The van der Waals surface area contributed by atoms with E-state index < -0.39 is 0 Å². The number of rotatable bonds is 2. The maximum absolute atomic E-state index is 12.8. The van der Waals surface area contributed by atoms with Gasteiger partial charge in [0.25, 0.3) is 5.91 Å². The van der Waals surface area contributed by atoms with Gasteiger partial charge in [0.05, 0.1) is 22.1 Å². The van der Waals surface area contributed by atoms with Crippen LogP contribution in [-0.4, -0.2) is 20.4 Å². The number of benzene rings is 2. The van der Waals surface area contributed by atoms with Gasteiger partial charge >= 0.3 is 0 Å². The number of para-hydroxylation sites is 1. The third-order valence-electron chi connectivity index (χ3n) is 5.26. The average molecular weight is 356 g/mol. The normalized spacial score (nSPS) is 14.1. The van der Waals surface area contributed by atoms with Crippen LogP contribution in [0, 0.1) is 0 Å². The smallest absolute Gasteiger partial charge is 0.256 e. The lowest BCUT2D eigenvalue weighted by Gasteiger charge is -2.08. The van der Waals surface area contributed by atoms with Crippen molar-refractivity contribution in [1.82, 2.24) is 14.5 Å². The number of nitrogens with one attached hydrogen (secondary N) is 1. The summed E-state index contributed by atoms with van der Waals surface area (Å²) in [7, 11) is 0. The van der Waals surface area contributed by atoms with E-state index in [1.54, 1.807) is 12.3 Å². The Morgan fingerprint density at radius 3 is 2.89 bits per heavy atom. The summed E-state index contributed by atoms with van der Waals surface area (Å²) in [5.74, 6) is 1.03. The predicted molar refractivity (Wildman–Crippen MR) is 107 cm³/mol. The van der Waals surface area contributed by atoms with Crippen LogP contribution in [0.1, 0.15) is 35.4 Å². The average Bonchev–Trinajstić information content (AvgIpc) is 2.87. The highest BCUT2D eigenvalue weighted by atomic mass is 16.1. The Bertz CT molecular complexity index is 1160. The molecule has 27 heavy (non-hydrogen) atoms. The van der Waals surface area contributed by atoms with Crippen molar-refractivity contribution < 1.29 is 4.79 Å². The molecule has 0 radical (unpaired) electrons.